The lowest BCUT2D eigenvalue weighted by molar-refractivity contribution is -0.127. The third kappa shape index (κ3) is 2.11. The number of nitrogens with zero attached hydrogens (tertiary/aromatic N) is 3. The quantitative estimate of drug-likeness (QED) is 0.701. The van der Waals surface area contributed by atoms with Crippen molar-refractivity contribution in [2.75, 3.05) is 19.6 Å². The van der Waals surface area contributed by atoms with Crippen LogP contribution < -0.4 is 5.32 Å². The highest BCUT2D eigenvalue weighted by Crippen LogP contribution is 2.48. The van der Waals surface area contributed by atoms with E-state index in [1.165, 1.54) is 0 Å². The number of piperidine rings is 1. The molecular weight excluding hydrogens is 260 g/mol. The van der Waals surface area contributed by atoms with Gasteiger partial charge in [0.1, 0.15) is 5.92 Å². The van der Waals surface area contributed by atoms with Crippen LogP contribution in [0.4, 0.5) is 0 Å². The molecule has 1 N–H and O–H groups in total. The van der Waals surface area contributed by atoms with Gasteiger partial charge in [-0.1, -0.05) is 6.92 Å². The van der Waals surface area contributed by atoms with Crippen LogP contribution >= 0.6 is 12.6 Å². The van der Waals surface area contributed by atoms with Gasteiger partial charge >= 0.3 is 0 Å². The van der Waals surface area contributed by atoms with Gasteiger partial charge in [0.25, 0.3) is 0 Å². The number of carbonyl (C=O) groups excluding carboxylic acids is 1. The van der Waals surface area contributed by atoms with E-state index in [9.17, 15) is 15.3 Å². The topological polar surface area (TPSA) is 79.9 Å². The molecule has 0 saturated carbocycles. The lowest BCUT2D eigenvalue weighted by atomic mass is 9.63. The van der Waals surface area contributed by atoms with Crippen LogP contribution in [0.5, 0.6) is 0 Å². The zero-order valence-corrected chi connectivity index (χ0v) is 11.7. The number of thiol groups is 1. The molecule has 0 aromatic rings. The largest absolute Gasteiger partial charge is 0.319 e. The molecule has 2 heterocycles. The Balaban J connectivity index is 2.44. The van der Waals surface area contributed by atoms with Gasteiger partial charge in [0.2, 0.25) is 5.91 Å². The second kappa shape index (κ2) is 5.24. The van der Waals surface area contributed by atoms with Crippen molar-refractivity contribution < 1.29 is 4.79 Å². The molecule has 0 aromatic heterocycles. The van der Waals surface area contributed by atoms with Gasteiger partial charge in [-0.05, 0) is 32.5 Å². The van der Waals surface area contributed by atoms with Crippen LogP contribution in [0.2, 0.25) is 0 Å². The molecule has 0 aromatic carbocycles. The Bertz CT molecular complexity index is 506. The van der Waals surface area contributed by atoms with E-state index in [2.05, 4.69) is 41.9 Å². The first-order valence-corrected chi connectivity index (χ1v) is 6.80. The van der Waals surface area contributed by atoms with Crippen molar-refractivity contribution in [2.45, 2.75) is 19.8 Å². The Morgan fingerprint density at radius 1 is 1.47 bits per heavy atom. The van der Waals surface area contributed by atoms with Crippen LogP contribution in [-0.4, -0.2) is 30.4 Å². The summed E-state index contributed by atoms with van der Waals surface area (Å²) < 4.78 is 0. The van der Waals surface area contributed by atoms with Gasteiger partial charge in [-0.3, -0.25) is 4.79 Å². The highest BCUT2D eigenvalue weighted by molar-refractivity contribution is 7.84. The van der Waals surface area contributed by atoms with Crippen LogP contribution in [0.3, 0.4) is 0 Å². The third-order valence-corrected chi connectivity index (χ3v) is 4.56. The fourth-order valence-electron chi connectivity index (χ4n) is 3.04. The zero-order valence-electron chi connectivity index (χ0n) is 10.8. The Morgan fingerprint density at radius 3 is 2.58 bits per heavy atom. The second-order valence-corrected chi connectivity index (χ2v) is 5.42. The molecule has 19 heavy (non-hydrogen) atoms. The van der Waals surface area contributed by atoms with Gasteiger partial charge < -0.3 is 10.2 Å². The highest BCUT2D eigenvalue weighted by atomic mass is 32.1. The summed E-state index contributed by atoms with van der Waals surface area (Å²) in [6.45, 7) is 4.62. The Labute approximate surface area is 118 Å². The van der Waals surface area contributed by atoms with Crippen LogP contribution in [0.25, 0.3) is 0 Å². The molecule has 1 spiro atoms. The fraction of sp³-hybridized carbons (Fsp3) is 0.615. The van der Waals surface area contributed by atoms with Crippen LogP contribution in [0.15, 0.2) is 10.6 Å². The summed E-state index contributed by atoms with van der Waals surface area (Å²) in [5, 5.41) is 21.5. The normalized spacial score (nSPS) is 26.7. The molecule has 1 amide bonds. The predicted octanol–water partition coefficient (Wildman–Crippen LogP) is 1.02. The van der Waals surface area contributed by atoms with Crippen molar-refractivity contribution in [3.63, 3.8) is 0 Å². The molecule has 2 rings (SSSR count). The molecule has 0 unspecified atom stereocenters. The van der Waals surface area contributed by atoms with E-state index in [1.54, 1.807) is 0 Å². The zero-order chi connectivity index (χ0) is 14.0. The Hall–Kier alpha value is -1.50. The fourth-order valence-corrected chi connectivity index (χ4v) is 3.42. The molecular formula is C13H16N4OS. The maximum absolute atomic E-state index is 12.0. The average Bonchev–Trinajstić information content (AvgIpc) is 2.40. The van der Waals surface area contributed by atoms with Crippen molar-refractivity contribution in [3.8, 4) is 12.1 Å². The number of hydrogen-bond donors (Lipinski definition) is 2. The molecule has 6 heteroatoms. The SMILES string of the molecule is CCN1CCC2(CC1)C(C#N)=C(S)NC(=O)[C@H]2C#N. The van der Waals surface area contributed by atoms with E-state index >= 15 is 0 Å². The number of nitriles is 2. The first-order chi connectivity index (χ1) is 9.08. The van der Waals surface area contributed by atoms with Crippen molar-refractivity contribution in [1.82, 2.24) is 10.2 Å². The Morgan fingerprint density at radius 2 is 2.11 bits per heavy atom. The summed E-state index contributed by atoms with van der Waals surface area (Å²) in [5.41, 5.74) is -0.202. The molecule has 1 saturated heterocycles. The first-order valence-electron chi connectivity index (χ1n) is 6.35. The van der Waals surface area contributed by atoms with Gasteiger partial charge in [0.05, 0.1) is 22.7 Å². The Kier molecular flexibility index (Phi) is 3.84. The third-order valence-electron chi connectivity index (χ3n) is 4.23. The number of nitrogens with one attached hydrogen (secondary N) is 1. The number of hydrogen-bond acceptors (Lipinski definition) is 5. The summed E-state index contributed by atoms with van der Waals surface area (Å²) in [6, 6.07) is 4.23. The average molecular weight is 276 g/mol. The van der Waals surface area contributed by atoms with Crippen LogP contribution in [-0.2, 0) is 4.79 Å². The van der Waals surface area contributed by atoms with Crippen molar-refractivity contribution in [3.05, 3.63) is 10.6 Å². The minimum absolute atomic E-state index is 0.309. The molecule has 1 atom stereocenters. The van der Waals surface area contributed by atoms with Crippen molar-refractivity contribution in [1.29, 1.82) is 10.5 Å². The molecule has 1 fully saturated rings. The van der Waals surface area contributed by atoms with E-state index < -0.39 is 11.3 Å². The minimum atomic E-state index is -0.794. The maximum atomic E-state index is 12.0. The van der Waals surface area contributed by atoms with Gasteiger partial charge in [-0.2, -0.15) is 10.5 Å². The molecule has 2 aliphatic rings. The minimum Gasteiger partial charge on any atom is -0.319 e. The lowest BCUT2D eigenvalue weighted by Gasteiger charge is -2.45. The van der Waals surface area contributed by atoms with Crippen LogP contribution in [0, 0.1) is 34.0 Å². The van der Waals surface area contributed by atoms with Crippen LogP contribution in [0.1, 0.15) is 19.8 Å². The molecule has 100 valence electrons. The smallest absolute Gasteiger partial charge is 0.243 e. The molecule has 0 radical (unpaired) electrons. The van der Waals surface area contributed by atoms with E-state index in [-0.39, 0.29) is 5.91 Å². The molecule has 2 aliphatic heterocycles. The maximum Gasteiger partial charge on any atom is 0.243 e. The highest BCUT2D eigenvalue weighted by Gasteiger charge is 2.51. The number of likely N-dealkylation sites (tertiary alicyclic amines) is 1. The molecule has 0 aliphatic carbocycles. The lowest BCUT2D eigenvalue weighted by Crippen LogP contribution is -2.52. The van der Waals surface area contributed by atoms with Crippen molar-refractivity contribution in [2.24, 2.45) is 11.3 Å². The standard InChI is InChI=1S/C13H16N4OS/c1-2-17-5-3-13(4-6-17)9(7-14)11(18)16-12(19)10(13)8-15/h9,19H,2-6H2,1H3,(H,16,18)/t9-/m1/s1. The number of amides is 1. The second-order valence-electron chi connectivity index (χ2n) is 4.98. The van der Waals surface area contributed by atoms with Gasteiger partial charge in [-0.15, -0.1) is 12.6 Å². The summed E-state index contributed by atoms with van der Waals surface area (Å²) in [6.07, 6.45) is 1.30. The summed E-state index contributed by atoms with van der Waals surface area (Å²) >= 11 is 4.21. The van der Waals surface area contributed by atoms with Gasteiger partial charge in [-0.25, -0.2) is 0 Å². The van der Waals surface area contributed by atoms with E-state index in [0.717, 1.165) is 19.6 Å². The summed E-state index contributed by atoms with van der Waals surface area (Å²) in [4.78, 5) is 14.2. The van der Waals surface area contributed by atoms with Gasteiger partial charge in [0.15, 0.2) is 0 Å². The number of rotatable bonds is 1. The van der Waals surface area contributed by atoms with E-state index in [0.29, 0.717) is 23.4 Å². The van der Waals surface area contributed by atoms with E-state index in [4.69, 9.17) is 0 Å². The summed E-state index contributed by atoms with van der Waals surface area (Å²) in [7, 11) is 0. The number of carbonyl (C=O) groups is 1. The van der Waals surface area contributed by atoms with E-state index in [1.807, 2.05) is 0 Å². The number of allylic oxidation sites excluding steroid dienone is 1. The predicted molar refractivity (Wildman–Crippen MR) is 72.7 cm³/mol. The first kappa shape index (κ1) is 13.9. The van der Waals surface area contributed by atoms with Crippen molar-refractivity contribution >= 4 is 18.5 Å². The van der Waals surface area contributed by atoms with Gasteiger partial charge in [0, 0.05) is 5.41 Å². The summed E-state index contributed by atoms with van der Waals surface area (Å²) in [5.74, 6) is -1.13. The molecule has 0 bridgehead atoms. The molecule has 5 nitrogen and oxygen atoms in total. The monoisotopic (exact) mass is 276 g/mol.